The van der Waals surface area contributed by atoms with E-state index in [9.17, 15) is 9.59 Å². The van der Waals surface area contributed by atoms with Crippen molar-refractivity contribution in [2.75, 3.05) is 11.9 Å². The van der Waals surface area contributed by atoms with E-state index in [4.69, 9.17) is 5.11 Å². The van der Waals surface area contributed by atoms with Gasteiger partial charge in [0.15, 0.2) is 0 Å². The molecule has 1 aromatic carbocycles. The summed E-state index contributed by atoms with van der Waals surface area (Å²) in [7, 11) is 0. The van der Waals surface area contributed by atoms with Gasteiger partial charge in [-0.3, -0.25) is 4.79 Å². The number of amides is 2. The number of hydrogen-bond donors (Lipinski definition) is 3. The van der Waals surface area contributed by atoms with Crippen molar-refractivity contribution in [2.45, 2.75) is 32.1 Å². The van der Waals surface area contributed by atoms with Crippen LogP contribution in [0, 0.1) is 5.92 Å². The molecule has 0 spiro atoms. The average Bonchev–Trinajstić information content (AvgIpc) is 2.36. The van der Waals surface area contributed by atoms with Crippen LogP contribution in [0.2, 0.25) is 0 Å². The first-order valence-electron chi connectivity index (χ1n) is 6.99. The molecule has 0 heterocycles. The molecule has 2 rings (SSSR count). The van der Waals surface area contributed by atoms with Crippen molar-refractivity contribution in [1.82, 2.24) is 5.32 Å². The van der Waals surface area contributed by atoms with Crippen LogP contribution in [0.25, 0.3) is 0 Å². The first kappa shape index (κ1) is 14.4. The van der Waals surface area contributed by atoms with Gasteiger partial charge in [-0.15, -0.1) is 0 Å². The Morgan fingerprint density at radius 3 is 2.45 bits per heavy atom. The van der Waals surface area contributed by atoms with Gasteiger partial charge in [0.25, 0.3) is 0 Å². The smallest absolute Gasteiger partial charge is 0.319 e. The number of carbonyl (C=O) groups excluding carboxylic acids is 1. The number of benzene rings is 1. The molecule has 1 aromatic rings. The summed E-state index contributed by atoms with van der Waals surface area (Å²) >= 11 is 0. The number of carboxylic acid groups (broad SMARTS) is 1. The van der Waals surface area contributed by atoms with Gasteiger partial charge in [0, 0.05) is 18.7 Å². The predicted molar refractivity (Wildman–Crippen MR) is 76.8 cm³/mol. The summed E-state index contributed by atoms with van der Waals surface area (Å²) < 4.78 is 0. The molecule has 0 saturated heterocycles. The molecule has 5 heteroatoms. The second kappa shape index (κ2) is 6.93. The van der Waals surface area contributed by atoms with Gasteiger partial charge >= 0.3 is 12.0 Å². The van der Waals surface area contributed by atoms with E-state index in [1.54, 1.807) is 12.1 Å². The van der Waals surface area contributed by atoms with Gasteiger partial charge in [-0.1, -0.05) is 18.6 Å². The van der Waals surface area contributed by atoms with Crippen molar-refractivity contribution < 1.29 is 14.7 Å². The Labute approximate surface area is 118 Å². The molecule has 0 radical (unpaired) electrons. The van der Waals surface area contributed by atoms with Crippen molar-refractivity contribution in [3.8, 4) is 0 Å². The van der Waals surface area contributed by atoms with Crippen molar-refractivity contribution in [2.24, 2.45) is 5.92 Å². The molecule has 108 valence electrons. The number of hydrogen-bond acceptors (Lipinski definition) is 2. The third-order valence-corrected chi connectivity index (χ3v) is 3.62. The topological polar surface area (TPSA) is 78.4 Å². The molecule has 1 fully saturated rings. The second-order valence-electron chi connectivity index (χ2n) is 5.22. The molecule has 1 aliphatic rings. The third kappa shape index (κ3) is 4.57. The Kier molecular flexibility index (Phi) is 4.98. The monoisotopic (exact) mass is 276 g/mol. The van der Waals surface area contributed by atoms with Crippen LogP contribution in [0.1, 0.15) is 31.2 Å². The van der Waals surface area contributed by atoms with Gasteiger partial charge in [-0.05, 0) is 42.9 Å². The summed E-state index contributed by atoms with van der Waals surface area (Å²) in [4.78, 5) is 22.1. The van der Waals surface area contributed by atoms with Crippen LogP contribution in [0.15, 0.2) is 24.3 Å². The van der Waals surface area contributed by atoms with E-state index in [-0.39, 0.29) is 12.5 Å². The van der Waals surface area contributed by atoms with Crippen molar-refractivity contribution in [1.29, 1.82) is 0 Å². The lowest BCUT2D eigenvalue weighted by molar-refractivity contribution is -0.136. The van der Waals surface area contributed by atoms with Crippen LogP contribution >= 0.6 is 0 Å². The molecule has 5 nitrogen and oxygen atoms in total. The van der Waals surface area contributed by atoms with Gasteiger partial charge in [-0.25, -0.2) is 4.79 Å². The van der Waals surface area contributed by atoms with Gasteiger partial charge in [-0.2, -0.15) is 0 Å². The van der Waals surface area contributed by atoms with Gasteiger partial charge in [0.05, 0.1) is 0 Å². The number of aryl methyl sites for hydroxylation is 1. The summed E-state index contributed by atoms with van der Waals surface area (Å²) in [5, 5.41) is 14.2. The number of anilines is 1. The number of carboxylic acids is 1. The highest BCUT2D eigenvalue weighted by atomic mass is 16.4. The molecule has 0 unspecified atom stereocenters. The molecule has 0 aliphatic heterocycles. The summed E-state index contributed by atoms with van der Waals surface area (Å²) in [6.07, 6.45) is 4.31. The molecule has 0 aromatic heterocycles. The number of nitrogens with one attached hydrogen (secondary N) is 2. The molecule has 0 atom stereocenters. The minimum absolute atomic E-state index is 0.120. The van der Waals surface area contributed by atoms with Crippen LogP contribution < -0.4 is 10.6 Å². The molecule has 1 saturated carbocycles. The maximum Gasteiger partial charge on any atom is 0.319 e. The molecule has 0 bridgehead atoms. The molecule has 2 amide bonds. The number of carbonyl (C=O) groups is 2. The standard InChI is InChI=1S/C15H20N2O3/c18-14(19)9-6-11-4-7-13(8-5-11)17-15(20)16-10-12-2-1-3-12/h4-5,7-8,12H,1-3,6,9-10H2,(H,18,19)(H2,16,17,20). The SMILES string of the molecule is O=C(O)CCc1ccc(NC(=O)NCC2CCC2)cc1. The lowest BCUT2D eigenvalue weighted by Crippen LogP contribution is -2.35. The quantitative estimate of drug-likeness (QED) is 0.747. The van der Waals surface area contributed by atoms with Gasteiger partial charge < -0.3 is 15.7 Å². The minimum atomic E-state index is -0.803. The average molecular weight is 276 g/mol. The lowest BCUT2D eigenvalue weighted by atomic mass is 9.85. The predicted octanol–water partition coefficient (Wildman–Crippen LogP) is 2.63. The van der Waals surface area contributed by atoms with Crippen molar-refractivity contribution in [3.63, 3.8) is 0 Å². The molecular formula is C15H20N2O3. The zero-order valence-electron chi connectivity index (χ0n) is 11.4. The number of rotatable bonds is 6. The molecule has 20 heavy (non-hydrogen) atoms. The van der Waals surface area contributed by atoms with Crippen molar-refractivity contribution >= 4 is 17.7 Å². The zero-order valence-corrected chi connectivity index (χ0v) is 11.4. The van der Waals surface area contributed by atoms with Crippen LogP contribution in [-0.2, 0) is 11.2 Å². The van der Waals surface area contributed by atoms with Crippen LogP contribution in [0.3, 0.4) is 0 Å². The maximum atomic E-state index is 11.7. The van der Waals surface area contributed by atoms with E-state index in [2.05, 4.69) is 10.6 Å². The van der Waals surface area contributed by atoms with Gasteiger partial charge in [0.1, 0.15) is 0 Å². The molecule has 1 aliphatic carbocycles. The van der Waals surface area contributed by atoms with Crippen LogP contribution in [-0.4, -0.2) is 23.7 Å². The fraction of sp³-hybridized carbons (Fsp3) is 0.467. The Bertz CT molecular complexity index is 467. The second-order valence-corrected chi connectivity index (χ2v) is 5.22. The van der Waals surface area contributed by atoms with Crippen molar-refractivity contribution in [3.05, 3.63) is 29.8 Å². The highest BCUT2D eigenvalue weighted by molar-refractivity contribution is 5.89. The summed E-state index contributed by atoms with van der Waals surface area (Å²) in [5.74, 6) is -0.165. The summed E-state index contributed by atoms with van der Waals surface area (Å²) in [6, 6.07) is 7.07. The van der Waals surface area contributed by atoms with E-state index in [1.807, 2.05) is 12.1 Å². The third-order valence-electron chi connectivity index (χ3n) is 3.62. The Hall–Kier alpha value is -2.04. The number of urea groups is 1. The highest BCUT2D eigenvalue weighted by Gasteiger charge is 2.17. The highest BCUT2D eigenvalue weighted by Crippen LogP contribution is 2.25. The molecular weight excluding hydrogens is 256 g/mol. The zero-order chi connectivity index (χ0) is 14.4. The van der Waals surface area contributed by atoms with Crippen LogP contribution in [0.4, 0.5) is 10.5 Å². The van der Waals surface area contributed by atoms with E-state index < -0.39 is 5.97 Å². The van der Waals surface area contributed by atoms with E-state index in [0.717, 1.165) is 17.8 Å². The Balaban J connectivity index is 1.74. The Morgan fingerprint density at radius 1 is 1.20 bits per heavy atom. The minimum Gasteiger partial charge on any atom is -0.481 e. The fourth-order valence-corrected chi connectivity index (χ4v) is 2.12. The largest absolute Gasteiger partial charge is 0.481 e. The maximum absolute atomic E-state index is 11.7. The van der Waals surface area contributed by atoms with E-state index in [1.165, 1.54) is 19.3 Å². The van der Waals surface area contributed by atoms with Gasteiger partial charge in [0.2, 0.25) is 0 Å². The molecule has 3 N–H and O–H groups in total. The fourth-order valence-electron chi connectivity index (χ4n) is 2.12. The Morgan fingerprint density at radius 2 is 1.90 bits per heavy atom. The summed E-state index contributed by atoms with van der Waals surface area (Å²) in [6.45, 7) is 0.739. The first-order chi connectivity index (χ1) is 9.63. The van der Waals surface area contributed by atoms with Crippen LogP contribution in [0.5, 0.6) is 0 Å². The summed E-state index contributed by atoms with van der Waals surface area (Å²) in [5.41, 5.74) is 1.67. The van der Waals surface area contributed by atoms with E-state index in [0.29, 0.717) is 12.3 Å². The lowest BCUT2D eigenvalue weighted by Gasteiger charge is -2.25. The first-order valence-corrected chi connectivity index (χ1v) is 6.99. The van der Waals surface area contributed by atoms with E-state index >= 15 is 0 Å². The number of aliphatic carboxylic acids is 1. The normalized spacial score (nSPS) is 14.4.